The highest BCUT2D eigenvalue weighted by molar-refractivity contribution is 7.89. The standard InChI is InChI=1S/C16H18FNO2S/c1-12-4-7-14(8-5-12)11-18(3)21(19,20)16-10-13(2)6-9-15(16)17/h4-10H,11H2,1-3H3. The highest BCUT2D eigenvalue weighted by atomic mass is 32.2. The second-order valence-electron chi connectivity index (χ2n) is 5.18. The molecule has 0 N–H and O–H groups in total. The third-order valence-corrected chi connectivity index (χ3v) is 5.12. The molecule has 0 saturated heterocycles. The van der Waals surface area contributed by atoms with Crippen LogP contribution in [0.5, 0.6) is 0 Å². The monoisotopic (exact) mass is 307 g/mol. The lowest BCUT2D eigenvalue weighted by molar-refractivity contribution is 0.459. The van der Waals surface area contributed by atoms with Gasteiger partial charge in [0.1, 0.15) is 10.7 Å². The minimum absolute atomic E-state index is 0.204. The topological polar surface area (TPSA) is 37.4 Å². The lowest BCUT2D eigenvalue weighted by atomic mass is 10.1. The fourth-order valence-electron chi connectivity index (χ4n) is 2.01. The molecule has 0 aliphatic carbocycles. The molecule has 21 heavy (non-hydrogen) atoms. The van der Waals surface area contributed by atoms with Crippen molar-refractivity contribution in [2.75, 3.05) is 7.05 Å². The van der Waals surface area contributed by atoms with E-state index >= 15 is 0 Å². The maximum atomic E-state index is 13.8. The summed E-state index contributed by atoms with van der Waals surface area (Å²) in [5.41, 5.74) is 2.67. The van der Waals surface area contributed by atoms with Crippen LogP contribution in [0.25, 0.3) is 0 Å². The van der Waals surface area contributed by atoms with Crippen LogP contribution >= 0.6 is 0 Å². The molecule has 112 valence electrons. The summed E-state index contributed by atoms with van der Waals surface area (Å²) in [7, 11) is -2.39. The van der Waals surface area contributed by atoms with Crippen LogP contribution in [0.4, 0.5) is 4.39 Å². The van der Waals surface area contributed by atoms with Gasteiger partial charge in [0.15, 0.2) is 0 Å². The van der Waals surface area contributed by atoms with Gasteiger partial charge in [0.05, 0.1) is 0 Å². The van der Waals surface area contributed by atoms with Crippen molar-refractivity contribution in [3.05, 3.63) is 65.0 Å². The van der Waals surface area contributed by atoms with E-state index in [1.54, 1.807) is 13.0 Å². The molecule has 0 bridgehead atoms. The Morgan fingerprint density at radius 3 is 2.19 bits per heavy atom. The summed E-state index contributed by atoms with van der Waals surface area (Å²) in [5.74, 6) is -0.726. The predicted octanol–water partition coefficient (Wildman–Crippen LogP) is 3.26. The van der Waals surface area contributed by atoms with Crippen LogP contribution in [-0.4, -0.2) is 19.8 Å². The van der Waals surface area contributed by atoms with E-state index in [0.29, 0.717) is 5.56 Å². The van der Waals surface area contributed by atoms with Gasteiger partial charge in [0.25, 0.3) is 0 Å². The smallest absolute Gasteiger partial charge is 0.207 e. The Kier molecular flexibility index (Phi) is 4.44. The van der Waals surface area contributed by atoms with Gasteiger partial charge in [-0.2, -0.15) is 4.31 Å². The average Bonchev–Trinajstić information content (AvgIpc) is 2.43. The van der Waals surface area contributed by atoms with Crippen molar-refractivity contribution < 1.29 is 12.8 Å². The van der Waals surface area contributed by atoms with E-state index in [1.165, 1.54) is 19.2 Å². The molecule has 0 spiro atoms. The van der Waals surface area contributed by atoms with Gasteiger partial charge in [-0.1, -0.05) is 35.9 Å². The molecular formula is C16H18FNO2S. The second-order valence-corrected chi connectivity index (χ2v) is 7.19. The molecule has 0 atom stereocenters. The molecule has 0 aliphatic heterocycles. The van der Waals surface area contributed by atoms with Gasteiger partial charge in [0.2, 0.25) is 10.0 Å². The van der Waals surface area contributed by atoms with E-state index in [9.17, 15) is 12.8 Å². The van der Waals surface area contributed by atoms with Crippen molar-refractivity contribution in [2.45, 2.75) is 25.3 Å². The molecule has 0 aliphatic rings. The second kappa shape index (κ2) is 5.95. The largest absolute Gasteiger partial charge is 0.246 e. The molecule has 0 amide bonds. The van der Waals surface area contributed by atoms with Gasteiger partial charge in [-0.3, -0.25) is 0 Å². The first-order valence-corrected chi connectivity index (χ1v) is 8.03. The minimum Gasteiger partial charge on any atom is -0.207 e. The summed E-state index contributed by atoms with van der Waals surface area (Å²) >= 11 is 0. The number of hydrogen-bond acceptors (Lipinski definition) is 2. The van der Waals surface area contributed by atoms with Gasteiger partial charge in [-0.25, -0.2) is 12.8 Å². The normalized spacial score (nSPS) is 11.9. The van der Waals surface area contributed by atoms with Crippen LogP contribution in [-0.2, 0) is 16.6 Å². The van der Waals surface area contributed by atoms with E-state index in [-0.39, 0.29) is 11.4 Å². The Morgan fingerprint density at radius 1 is 1.00 bits per heavy atom. The van der Waals surface area contributed by atoms with E-state index in [1.807, 2.05) is 31.2 Å². The fourth-order valence-corrected chi connectivity index (χ4v) is 3.32. The summed E-state index contributed by atoms with van der Waals surface area (Å²) in [6.45, 7) is 3.90. The zero-order chi connectivity index (χ0) is 15.6. The first-order valence-electron chi connectivity index (χ1n) is 6.59. The summed E-state index contributed by atoms with van der Waals surface area (Å²) in [6, 6.07) is 11.7. The van der Waals surface area contributed by atoms with Crippen molar-refractivity contribution in [1.82, 2.24) is 4.31 Å². The third kappa shape index (κ3) is 3.49. The Bertz CT molecular complexity index is 739. The van der Waals surface area contributed by atoms with Crippen molar-refractivity contribution in [2.24, 2.45) is 0 Å². The van der Waals surface area contributed by atoms with Gasteiger partial charge < -0.3 is 0 Å². The lowest BCUT2D eigenvalue weighted by Gasteiger charge is -2.18. The van der Waals surface area contributed by atoms with E-state index < -0.39 is 15.8 Å². The zero-order valence-corrected chi connectivity index (χ0v) is 13.1. The van der Waals surface area contributed by atoms with Gasteiger partial charge in [0, 0.05) is 13.6 Å². The lowest BCUT2D eigenvalue weighted by Crippen LogP contribution is -2.27. The van der Waals surface area contributed by atoms with Crippen molar-refractivity contribution >= 4 is 10.0 Å². The Morgan fingerprint density at radius 2 is 1.57 bits per heavy atom. The van der Waals surface area contributed by atoms with E-state index in [0.717, 1.165) is 15.4 Å². The van der Waals surface area contributed by atoms with E-state index in [4.69, 9.17) is 0 Å². The maximum absolute atomic E-state index is 13.8. The molecule has 2 rings (SSSR count). The summed E-state index contributed by atoms with van der Waals surface area (Å²) in [6.07, 6.45) is 0. The molecular weight excluding hydrogens is 289 g/mol. The summed E-state index contributed by atoms with van der Waals surface area (Å²) < 4.78 is 39.9. The van der Waals surface area contributed by atoms with Crippen LogP contribution in [0.2, 0.25) is 0 Å². The zero-order valence-electron chi connectivity index (χ0n) is 12.3. The predicted molar refractivity (Wildman–Crippen MR) is 81.0 cm³/mol. The first-order chi connectivity index (χ1) is 9.80. The van der Waals surface area contributed by atoms with Crippen molar-refractivity contribution in [3.8, 4) is 0 Å². The quantitative estimate of drug-likeness (QED) is 0.869. The number of rotatable bonds is 4. The molecule has 0 fully saturated rings. The van der Waals surface area contributed by atoms with Crippen LogP contribution in [0.1, 0.15) is 16.7 Å². The Hall–Kier alpha value is -1.72. The first kappa shape index (κ1) is 15.7. The van der Waals surface area contributed by atoms with Crippen LogP contribution < -0.4 is 0 Å². The molecule has 0 radical (unpaired) electrons. The molecule has 0 saturated carbocycles. The van der Waals surface area contributed by atoms with E-state index in [2.05, 4.69) is 0 Å². The number of benzene rings is 2. The minimum atomic E-state index is -3.84. The third-order valence-electron chi connectivity index (χ3n) is 3.30. The molecule has 0 heterocycles. The number of aryl methyl sites for hydroxylation is 2. The van der Waals surface area contributed by atoms with Gasteiger partial charge in [-0.05, 0) is 37.1 Å². The average molecular weight is 307 g/mol. The van der Waals surface area contributed by atoms with Crippen molar-refractivity contribution in [3.63, 3.8) is 0 Å². The maximum Gasteiger partial charge on any atom is 0.246 e. The number of nitrogens with zero attached hydrogens (tertiary/aromatic N) is 1. The highest BCUT2D eigenvalue weighted by Crippen LogP contribution is 2.21. The van der Waals surface area contributed by atoms with Crippen LogP contribution in [0, 0.1) is 19.7 Å². The Balaban J connectivity index is 2.30. The molecule has 3 nitrogen and oxygen atoms in total. The molecule has 2 aromatic rings. The number of hydrogen-bond donors (Lipinski definition) is 0. The molecule has 5 heteroatoms. The summed E-state index contributed by atoms with van der Waals surface area (Å²) in [4.78, 5) is -0.280. The number of halogens is 1. The molecule has 0 aromatic heterocycles. The van der Waals surface area contributed by atoms with Crippen molar-refractivity contribution in [1.29, 1.82) is 0 Å². The van der Waals surface area contributed by atoms with Crippen LogP contribution in [0.3, 0.4) is 0 Å². The van der Waals surface area contributed by atoms with Gasteiger partial charge >= 0.3 is 0 Å². The number of sulfonamides is 1. The molecule has 0 unspecified atom stereocenters. The highest BCUT2D eigenvalue weighted by Gasteiger charge is 2.24. The van der Waals surface area contributed by atoms with Gasteiger partial charge in [-0.15, -0.1) is 0 Å². The summed E-state index contributed by atoms with van der Waals surface area (Å²) in [5, 5.41) is 0. The SMILES string of the molecule is Cc1ccc(CN(C)S(=O)(=O)c2cc(C)ccc2F)cc1. The Labute approximate surface area is 125 Å². The fraction of sp³-hybridized carbons (Fsp3) is 0.250. The molecule has 2 aromatic carbocycles. The van der Waals surface area contributed by atoms with Crippen LogP contribution in [0.15, 0.2) is 47.4 Å².